The fraction of sp³-hybridized carbons (Fsp3) is 0.185. The van der Waals surface area contributed by atoms with Crippen LogP contribution in [0.1, 0.15) is 10.5 Å². The minimum atomic E-state index is -0.700. The average molecular weight is 497 g/mol. The number of carbonyl (C=O) groups excluding carboxylic acids is 1. The third kappa shape index (κ3) is 5.60. The molecule has 0 radical (unpaired) electrons. The molecule has 10 heteroatoms. The molecular weight excluding hydrogens is 468 g/mol. The lowest BCUT2D eigenvalue weighted by atomic mass is 10.0. The fourth-order valence-electron chi connectivity index (χ4n) is 4.22. The molecule has 1 aliphatic rings. The third-order valence-electron chi connectivity index (χ3n) is 6.16. The SMILES string of the molecule is CN1CCN(c2ccc(Nc3nc(Oc4cccc(N)c4)cnc3C(N)=O)cc2-c2ccncc2)CC1. The maximum absolute atomic E-state index is 12.1. The van der Waals surface area contributed by atoms with Crippen LogP contribution in [0.5, 0.6) is 11.6 Å². The Morgan fingerprint density at radius 3 is 2.54 bits per heavy atom. The number of ether oxygens (including phenoxy) is 1. The number of nitrogens with two attached hydrogens (primary N) is 2. The van der Waals surface area contributed by atoms with E-state index in [-0.39, 0.29) is 17.4 Å². The summed E-state index contributed by atoms with van der Waals surface area (Å²) in [5, 5.41) is 3.22. The Labute approximate surface area is 214 Å². The Hall–Kier alpha value is -4.70. The number of aromatic nitrogens is 3. The van der Waals surface area contributed by atoms with E-state index in [1.807, 2.05) is 24.3 Å². The van der Waals surface area contributed by atoms with Crippen LogP contribution in [0, 0.1) is 0 Å². The van der Waals surface area contributed by atoms with Crippen molar-refractivity contribution in [2.45, 2.75) is 0 Å². The zero-order valence-electron chi connectivity index (χ0n) is 20.5. The van der Waals surface area contributed by atoms with E-state index in [1.54, 1.807) is 36.7 Å². The lowest BCUT2D eigenvalue weighted by Gasteiger charge is -2.35. The van der Waals surface area contributed by atoms with Crippen LogP contribution >= 0.6 is 0 Å². The predicted molar refractivity (Wildman–Crippen MR) is 144 cm³/mol. The van der Waals surface area contributed by atoms with Gasteiger partial charge >= 0.3 is 0 Å². The van der Waals surface area contributed by atoms with Crippen molar-refractivity contribution in [1.82, 2.24) is 19.9 Å². The zero-order chi connectivity index (χ0) is 25.8. The summed E-state index contributed by atoms with van der Waals surface area (Å²) in [5.74, 6) is 0.195. The number of nitrogens with one attached hydrogen (secondary N) is 1. The molecule has 5 rings (SSSR count). The van der Waals surface area contributed by atoms with Crippen molar-refractivity contribution in [3.05, 3.63) is 78.9 Å². The number of primary amides is 1. The number of piperazine rings is 1. The highest BCUT2D eigenvalue weighted by Crippen LogP contribution is 2.35. The second kappa shape index (κ2) is 10.5. The molecule has 1 fully saturated rings. The van der Waals surface area contributed by atoms with E-state index in [0.29, 0.717) is 11.4 Å². The maximum Gasteiger partial charge on any atom is 0.271 e. The maximum atomic E-state index is 12.1. The van der Waals surface area contributed by atoms with Crippen molar-refractivity contribution in [3.63, 3.8) is 0 Å². The molecule has 188 valence electrons. The summed E-state index contributed by atoms with van der Waals surface area (Å²) < 4.78 is 5.81. The summed E-state index contributed by atoms with van der Waals surface area (Å²) in [4.78, 5) is 29.6. The van der Waals surface area contributed by atoms with Gasteiger partial charge in [-0.3, -0.25) is 9.78 Å². The molecule has 0 spiro atoms. The van der Waals surface area contributed by atoms with Gasteiger partial charge in [0.2, 0.25) is 5.88 Å². The Morgan fingerprint density at radius 1 is 1.03 bits per heavy atom. The van der Waals surface area contributed by atoms with E-state index in [4.69, 9.17) is 16.2 Å². The Balaban J connectivity index is 1.49. The van der Waals surface area contributed by atoms with Gasteiger partial charge in [0, 0.05) is 67.3 Å². The number of nitrogens with zero attached hydrogens (tertiary/aromatic N) is 5. The van der Waals surface area contributed by atoms with Crippen LogP contribution in [-0.2, 0) is 0 Å². The summed E-state index contributed by atoms with van der Waals surface area (Å²) >= 11 is 0. The van der Waals surface area contributed by atoms with Crippen LogP contribution in [-0.4, -0.2) is 59.0 Å². The molecule has 4 aromatic rings. The molecule has 0 bridgehead atoms. The lowest BCUT2D eigenvalue weighted by molar-refractivity contribution is 0.0996. The normalized spacial score (nSPS) is 13.8. The number of benzene rings is 2. The molecule has 3 heterocycles. The van der Waals surface area contributed by atoms with Crippen LogP contribution in [0.3, 0.4) is 0 Å². The molecule has 10 nitrogen and oxygen atoms in total. The number of hydrogen-bond donors (Lipinski definition) is 3. The number of pyridine rings is 1. The van der Waals surface area contributed by atoms with Crippen molar-refractivity contribution in [1.29, 1.82) is 0 Å². The highest BCUT2D eigenvalue weighted by atomic mass is 16.5. The highest BCUT2D eigenvalue weighted by Gasteiger charge is 2.20. The van der Waals surface area contributed by atoms with Crippen molar-refractivity contribution in [2.75, 3.05) is 49.2 Å². The van der Waals surface area contributed by atoms with E-state index >= 15 is 0 Å². The molecule has 37 heavy (non-hydrogen) atoms. The largest absolute Gasteiger partial charge is 0.437 e. The van der Waals surface area contributed by atoms with Crippen LogP contribution in [0.2, 0.25) is 0 Å². The quantitative estimate of drug-likeness (QED) is 0.328. The van der Waals surface area contributed by atoms with Crippen molar-refractivity contribution in [2.24, 2.45) is 5.73 Å². The van der Waals surface area contributed by atoms with Gasteiger partial charge < -0.3 is 31.3 Å². The van der Waals surface area contributed by atoms with E-state index in [9.17, 15) is 4.79 Å². The van der Waals surface area contributed by atoms with Crippen molar-refractivity contribution in [3.8, 4) is 22.8 Å². The zero-order valence-corrected chi connectivity index (χ0v) is 20.5. The van der Waals surface area contributed by atoms with Gasteiger partial charge in [-0.2, -0.15) is 4.98 Å². The molecule has 1 aliphatic heterocycles. The predicted octanol–water partition coefficient (Wildman–Crippen LogP) is 3.51. The number of amides is 1. The molecule has 2 aromatic carbocycles. The molecule has 0 unspecified atom stereocenters. The number of anilines is 4. The molecule has 5 N–H and O–H groups in total. The first kappa shape index (κ1) is 24.0. The molecule has 2 aromatic heterocycles. The third-order valence-corrected chi connectivity index (χ3v) is 6.16. The van der Waals surface area contributed by atoms with Gasteiger partial charge in [-0.05, 0) is 55.1 Å². The van der Waals surface area contributed by atoms with Gasteiger partial charge in [0.15, 0.2) is 11.5 Å². The lowest BCUT2D eigenvalue weighted by Crippen LogP contribution is -2.44. The standard InChI is InChI=1S/C27H28N8O2/c1-34-11-13-35(14-12-34)23-6-5-20(16-22(23)18-7-9-30-10-8-18)32-27-25(26(29)36)31-17-24(33-27)37-21-4-2-3-19(28)15-21/h2-10,15-17H,11-14,28H2,1H3,(H2,29,36)(H,32,33). The number of rotatable bonds is 7. The first-order chi connectivity index (χ1) is 18.0. The smallest absolute Gasteiger partial charge is 0.271 e. The first-order valence-electron chi connectivity index (χ1n) is 11.9. The summed E-state index contributed by atoms with van der Waals surface area (Å²) in [6.45, 7) is 3.85. The molecule has 0 atom stereocenters. The highest BCUT2D eigenvalue weighted by molar-refractivity contribution is 5.96. The number of nitrogen functional groups attached to an aromatic ring is 1. The fourth-order valence-corrected chi connectivity index (χ4v) is 4.22. The minimum absolute atomic E-state index is 0.00790. The van der Waals surface area contributed by atoms with Gasteiger partial charge in [-0.1, -0.05) is 6.07 Å². The van der Waals surface area contributed by atoms with Crippen molar-refractivity contribution >= 4 is 28.8 Å². The number of likely N-dealkylation sites (N-methyl/N-ethyl adjacent to an activating group) is 1. The minimum Gasteiger partial charge on any atom is -0.437 e. The average Bonchev–Trinajstić information content (AvgIpc) is 2.90. The van der Waals surface area contributed by atoms with E-state index in [2.05, 4.69) is 43.2 Å². The van der Waals surface area contributed by atoms with Crippen LogP contribution < -0.4 is 26.4 Å². The first-order valence-corrected chi connectivity index (χ1v) is 11.9. The van der Waals surface area contributed by atoms with Gasteiger partial charge in [0.05, 0.1) is 6.20 Å². The van der Waals surface area contributed by atoms with E-state index in [0.717, 1.165) is 48.7 Å². The van der Waals surface area contributed by atoms with Crippen LogP contribution in [0.4, 0.5) is 22.9 Å². The summed E-state index contributed by atoms with van der Waals surface area (Å²) in [6, 6.07) is 17.0. The van der Waals surface area contributed by atoms with E-state index in [1.165, 1.54) is 6.20 Å². The molecule has 0 aliphatic carbocycles. The monoisotopic (exact) mass is 496 g/mol. The molecule has 0 saturated carbocycles. The summed E-state index contributed by atoms with van der Waals surface area (Å²) in [5.41, 5.74) is 15.9. The van der Waals surface area contributed by atoms with Crippen LogP contribution in [0.25, 0.3) is 11.1 Å². The summed E-state index contributed by atoms with van der Waals surface area (Å²) in [7, 11) is 2.13. The van der Waals surface area contributed by atoms with Crippen LogP contribution in [0.15, 0.2) is 73.2 Å². The second-order valence-electron chi connectivity index (χ2n) is 8.83. The summed E-state index contributed by atoms with van der Waals surface area (Å²) in [6.07, 6.45) is 4.90. The number of carbonyl (C=O) groups is 1. The number of hydrogen-bond acceptors (Lipinski definition) is 9. The Kier molecular flexibility index (Phi) is 6.82. The second-order valence-corrected chi connectivity index (χ2v) is 8.83. The van der Waals surface area contributed by atoms with E-state index < -0.39 is 5.91 Å². The van der Waals surface area contributed by atoms with Gasteiger partial charge in [-0.25, -0.2) is 4.98 Å². The Bertz CT molecular complexity index is 1400. The topological polar surface area (TPSA) is 136 Å². The van der Waals surface area contributed by atoms with Crippen molar-refractivity contribution < 1.29 is 9.53 Å². The van der Waals surface area contributed by atoms with Gasteiger partial charge in [-0.15, -0.1) is 0 Å². The molecule has 1 saturated heterocycles. The Morgan fingerprint density at radius 2 is 1.81 bits per heavy atom. The molecular formula is C27H28N8O2. The van der Waals surface area contributed by atoms with Gasteiger partial charge in [0.1, 0.15) is 5.75 Å². The van der Waals surface area contributed by atoms with Gasteiger partial charge in [0.25, 0.3) is 5.91 Å². The molecule has 1 amide bonds.